The smallest absolute Gasteiger partial charge is 0.345 e. The molecule has 0 spiro atoms. The molecule has 0 bridgehead atoms. The summed E-state index contributed by atoms with van der Waals surface area (Å²) in [5.41, 5.74) is 2.67. The van der Waals surface area contributed by atoms with Gasteiger partial charge in [0.15, 0.2) is 0 Å². The van der Waals surface area contributed by atoms with Crippen molar-refractivity contribution in [3.63, 3.8) is 0 Å². The quantitative estimate of drug-likeness (QED) is 0.0905. The van der Waals surface area contributed by atoms with E-state index < -0.39 is 5.97 Å². The van der Waals surface area contributed by atoms with Crippen LogP contribution >= 0.6 is 11.6 Å². The van der Waals surface area contributed by atoms with Gasteiger partial charge < -0.3 is 14.2 Å². The number of carbonyl (C=O) groups is 2. The molecule has 6 heteroatoms. The van der Waals surface area contributed by atoms with E-state index in [1.807, 2.05) is 24.3 Å². The summed E-state index contributed by atoms with van der Waals surface area (Å²) >= 11 is 6.38. The van der Waals surface area contributed by atoms with E-state index in [-0.39, 0.29) is 11.5 Å². The minimum Gasteiger partial charge on any atom is -0.494 e. The Hall–Kier alpha value is -3.31. The number of benzene rings is 3. The van der Waals surface area contributed by atoms with Crippen LogP contribution in [0.2, 0.25) is 5.02 Å². The third-order valence-corrected chi connectivity index (χ3v) is 7.45. The normalized spacial score (nSPS) is 11.6. The largest absolute Gasteiger partial charge is 0.494 e. The van der Waals surface area contributed by atoms with Gasteiger partial charge in [0.1, 0.15) is 11.5 Å². The zero-order valence-electron chi connectivity index (χ0n) is 24.6. The van der Waals surface area contributed by atoms with E-state index in [1.165, 1.54) is 38.5 Å². The molecule has 1 atom stereocenters. The summed E-state index contributed by atoms with van der Waals surface area (Å²) < 4.78 is 16.7. The molecule has 220 valence electrons. The number of carbonyl (C=O) groups excluding carboxylic acids is 2. The van der Waals surface area contributed by atoms with Crippen LogP contribution < -0.4 is 9.47 Å². The van der Waals surface area contributed by atoms with Gasteiger partial charge in [0.25, 0.3) is 0 Å². The molecule has 3 rings (SSSR count). The molecule has 0 radical (unpaired) electrons. The zero-order valence-corrected chi connectivity index (χ0v) is 25.4. The number of halogens is 1. The predicted octanol–water partition coefficient (Wildman–Crippen LogP) is 9.95. The van der Waals surface area contributed by atoms with Crippen LogP contribution in [0.1, 0.15) is 99.3 Å². The van der Waals surface area contributed by atoms with E-state index in [4.69, 9.17) is 25.8 Å². The average Bonchev–Trinajstić information content (AvgIpc) is 2.99. The Bertz CT molecular complexity index is 1220. The van der Waals surface area contributed by atoms with Crippen molar-refractivity contribution in [1.29, 1.82) is 0 Å². The molecule has 0 heterocycles. The van der Waals surface area contributed by atoms with Gasteiger partial charge in [0.05, 0.1) is 29.4 Å². The molecule has 0 N–H and O–H groups in total. The van der Waals surface area contributed by atoms with E-state index in [0.717, 1.165) is 30.4 Å². The van der Waals surface area contributed by atoms with E-state index in [2.05, 4.69) is 20.8 Å². The van der Waals surface area contributed by atoms with Gasteiger partial charge in [-0.2, -0.15) is 0 Å². The fraction of sp³-hybridized carbons (Fsp3) is 0.429. The van der Waals surface area contributed by atoms with Gasteiger partial charge in [0.2, 0.25) is 0 Å². The number of hydrogen-bond donors (Lipinski definition) is 0. The maximum Gasteiger partial charge on any atom is 0.345 e. The molecule has 3 aromatic carbocycles. The van der Waals surface area contributed by atoms with Crippen LogP contribution in [-0.4, -0.2) is 25.2 Å². The lowest BCUT2D eigenvalue weighted by molar-refractivity contribution is 0.0447. The highest BCUT2D eigenvalue weighted by Crippen LogP contribution is 2.27. The Labute approximate surface area is 250 Å². The maximum atomic E-state index is 12.8. The first-order chi connectivity index (χ1) is 19.9. The maximum absolute atomic E-state index is 12.8. The van der Waals surface area contributed by atoms with Gasteiger partial charge in [-0.3, -0.25) is 0 Å². The summed E-state index contributed by atoms with van der Waals surface area (Å²) in [7, 11) is 0. The second-order valence-electron chi connectivity index (χ2n) is 10.6. The van der Waals surface area contributed by atoms with Crippen molar-refractivity contribution < 1.29 is 23.8 Å². The molecule has 0 unspecified atom stereocenters. The monoisotopic (exact) mass is 578 g/mol. The highest BCUT2D eigenvalue weighted by Gasteiger charge is 2.15. The van der Waals surface area contributed by atoms with Crippen molar-refractivity contribution in [2.75, 3.05) is 13.2 Å². The van der Waals surface area contributed by atoms with Crippen LogP contribution in [0.5, 0.6) is 11.5 Å². The first kappa shape index (κ1) is 32.2. The molecule has 3 aromatic rings. The van der Waals surface area contributed by atoms with Crippen molar-refractivity contribution >= 4 is 23.5 Å². The second kappa shape index (κ2) is 17.5. The Morgan fingerprint density at radius 1 is 0.732 bits per heavy atom. The molecular formula is C35H43ClO5. The van der Waals surface area contributed by atoms with E-state index >= 15 is 0 Å². The third-order valence-electron chi connectivity index (χ3n) is 7.14. The van der Waals surface area contributed by atoms with E-state index in [9.17, 15) is 9.59 Å². The average molecular weight is 579 g/mol. The topological polar surface area (TPSA) is 61.8 Å². The van der Waals surface area contributed by atoms with Crippen LogP contribution in [-0.2, 0) is 4.74 Å². The molecular weight excluding hydrogens is 536 g/mol. The molecule has 0 aromatic heterocycles. The van der Waals surface area contributed by atoms with Crippen molar-refractivity contribution in [2.45, 2.75) is 78.6 Å². The molecule has 0 aliphatic carbocycles. The fourth-order valence-corrected chi connectivity index (χ4v) is 4.52. The lowest BCUT2D eigenvalue weighted by Gasteiger charge is -2.11. The van der Waals surface area contributed by atoms with E-state index in [0.29, 0.717) is 41.2 Å². The lowest BCUT2D eigenvalue weighted by atomic mass is 10.0. The van der Waals surface area contributed by atoms with E-state index in [1.54, 1.807) is 42.5 Å². The predicted molar refractivity (Wildman–Crippen MR) is 166 cm³/mol. The molecule has 5 nitrogen and oxygen atoms in total. The summed E-state index contributed by atoms with van der Waals surface area (Å²) in [5, 5.41) is 0.294. The summed E-state index contributed by atoms with van der Waals surface area (Å²) in [6.45, 7) is 7.40. The third kappa shape index (κ3) is 10.9. The van der Waals surface area contributed by atoms with Gasteiger partial charge in [-0.15, -0.1) is 0 Å². The second-order valence-corrected chi connectivity index (χ2v) is 11.0. The highest BCUT2D eigenvalue weighted by molar-refractivity contribution is 6.33. The number of rotatable bonds is 17. The Kier molecular flexibility index (Phi) is 13.7. The molecule has 0 aliphatic heterocycles. The van der Waals surface area contributed by atoms with Crippen molar-refractivity contribution in [2.24, 2.45) is 5.92 Å². The molecule has 41 heavy (non-hydrogen) atoms. The summed E-state index contributed by atoms with van der Waals surface area (Å²) in [6, 6.07) is 19.5. The van der Waals surface area contributed by atoms with Crippen LogP contribution in [0.4, 0.5) is 0 Å². The Morgan fingerprint density at radius 2 is 1.32 bits per heavy atom. The van der Waals surface area contributed by atoms with Gasteiger partial charge in [-0.1, -0.05) is 108 Å². The number of esters is 2. The first-order valence-corrected chi connectivity index (χ1v) is 15.3. The fourth-order valence-electron chi connectivity index (χ4n) is 4.27. The molecule has 0 amide bonds. The summed E-state index contributed by atoms with van der Waals surface area (Å²) in [4.78, 5) is 25.0. The van der Waals surface area contributed by atoms with Crippen LogP contribution in [0.15, 0.2) is 66.7 Å². The van der Waals surface area contributed by atoms with Crippen molar-refractivity contribution in [3.05, 3.63) is 82.9 Å². The Morgan fingerprint density at radius 3 is 1.93 bits per heavy atom. The minimum atomic E-state index is -0.530. The van der Waals surface area contributed by atoms with Gasteiger partial charge >= 0.3 is 11.9 Å². The highest BCUT2D eigenvalue weighted by atomic mass is 35.5. The number of unbranched alkanes of at least 4 members (excludes halogenated alkanes) is 7. The minimum absolute atomic E-state index is 0.283. The van der Waals surface area contributed by atoms with Crippen LogP contribution in [0, 0.1) is 5.92 Å². The van der Waals surface area contributed by atoms with Crippen LogP contribution in [0.25, 0.3) is 11.1 Å². The Balaban J connectivity index is 1.46. The standard InChI is InChI=1S/C35H43ClO5/c1-4-6-7-8-9-10-11-12-23-39-31-21-22-32(33(36)24-31)35(38)41-30-19-17-28(18-20-30)27-13-15-29(16-14-27)34(37)40-25-26(3)5-2/h13-22,24,26H,4-12,23,25H2,1-3H3/t26-/m0/s1. The number of hydrogen-bond acceptors (Lipinski definition) is 5. The summed E-state index contributed by atoms with van der Waals surface area (Å²) in [5.74, 6) is 0.548. The van der Waals surface area contributed by atoms with Gasteiger partial charge in [0, 0.05) is 0 Å². The van der Waals surface area contributed by atoms with Crippen molar-refractivity contribution in [3.8, 4) is 22.6 Å². The van der Waals surface area contributed by atoms with Gasteiger partial charge in [-0.05, 0) is 65.9 Å². The number of ether oxygens (including phenoxy) is 3. The molecule has 0 fully saturated rings. The SMILES string of the molecule is CCCCCCCCCCOc1ccc(C(=O)Oc2ccc(-c3ccc(C(=O)OC[C@@H](C)CC)cc3)cc2)c(Cl)c1. The lowest BCUT2D eigenvalue weighted by Crippen LogP contribution is -2.11. The van der Waals surface area contributed by atoms with Gasteiger partial charge in [-0.25, -0.2) is 9.59 Å². The molecule has 0 saturated heterocycles. The molecule has 0 aliphatic rings. The zero-order chi connectivity index (χ0) is 29.5. The first-order valence-electron chi connectivity index (χ1n) is 14.9. The summed E-state index contributed by atoms with van der Waals surface area (Å²) in [6.07, 6.45) is 10.9. The molecule has 0 saturated carbocycles. The van der Waals surface area contributed by atoms with Crippen LogP contribution in [0.3, 0.4) is 0 Å². The van der Waals surface area contributed by atoms with Crippen molar-refractivity contribution in [1.82, 2.24) is 0 Å².